The summed E-state index contributed by atoms with van der Waals surface area (Å²) >= 11 is 5.76. The molecule has 15 heavy (non-hydrogen) atoms. The maximum absolute atomic E-state index is 5.76. The molecule has 0 amide bonds. The lowest BCUT2D eigenvalue weighted by Crippen LogP contribution is -2.42. The van der Waals surface area contributed by atoms with Crippen LogP contribution in [0.3, 0.4) is 0 Å². The van der Waals surface area contributed by atoms with Gasteiger partial charge in [0.15, 0.2) is 0 Å². The molecule has 1 aliphatic heterocycles. The fraction of sp³-hybridized carbons (Fsp3) is 0.545. The minimum Gasteiger partial charge on any atom is -0.368 e. The van der Waals surface area contributed by atoms with Crippen LogP contribution in [0.1, 0.15) is 13.3 Å². The molecule has 0 saturated carbocycles. The molecule has 1 N–H and O–H groups in total. The van der Waals surface area contributed by atoms with E-state index < -0.39 is 0 Å². The van der Waals surface area contributed by atoms with Crippen LogP contribution in [0, 0.1) is 0 Å². The summed E-state index contributed by atoms with van der Waals surface area (Å²) in [6.07, 6.45) is 3.00. The number of hydrogen-bond donors (Lipinski definition) is 1. The fourth-order valence-electron chi connectivity index (χ4n) is 1.94. The lowest BCUT2D eigenvalue weighted by atomic mass is 10.0. The van der Waals surface area contributed by atoms with Crippen molar-refractivity contribution in [3.8, 4) is 0 Å². The summed E-state index contributed by atoms with van der Waals surface area (Å²) in [5.41, 5.74) is 1.37. The first-order valence-electron chi connectivity index (χ1n) is 5.18. The van der Waals surface area contributed by atoms with Gasteiger partial charge < -0.3 is 10.2 Å². The van der Waals surface area contributed by atoms with Crippen LogP contribution in [0.25, 0.3) is 0 Å². The molecule has 1 saturated heterocycles. The number of nitrogens with zero attached hydrogens (tertiary/aromatic N) is 2. The van der Waals surface area contributed by atoms with E-state index in [0.29, 0.717) is 5.15 Å². The van der Waals surface area contributed by atoms with Gasteiger partial charge in [0, 0.05) is 18.6 Å². The van der Waals surface area contributed by atoms with Crippen molar-refractivity contribution in [2.24, 2.45) is 0 Å². The Morgan fingerprint density at radius 3 is 2.87 bits per heavy atom. The van der Waals surface area contributed by atoms with E-state index in [9.17, 15) is 0 Å². The molecule has 82 valence electrons. The Morgan fingerprint density at radius 1 is 1.53 bits per heavy atom. The van der Waals surface area contributed by atoms with Crippen LogP contribution in [-0.2, 0) is 0 Å². The molecule has 1 fully saturated rings. The van der Waals surface area contributed by atoms with Crippen LogP contribution >= 0.6 is 11.6 Å². The Morgan fingerprint density at radius 2 is 2.33 bits per heavy atom. The summed E-state index contributed by atoms with van der Waals surface area (Å²) in [6.45, 7) is 4.34. The van der Waals surface area contributed by atoms with Crippen LogP contribution < -0.4 is 10.2 Å². The third-order valence-corrected chi connectivity index (χ3v) is 3.38. The Bertz CT molecular complexity index is 338. The smallest absolute Gasteiger partial charge is 0.129 e. The van der Waals surface area contributed by atoms with Gasteiger partial charge in [-0.15, -0.1) is 0 Å². The summed E-state index contributed by atoms with van der Waals surface area (Å²) in [6, 6.07) is 3.86. The van der Waals surface area contributed by atoms with Gasteiger partial charge in [0.1, 0.15) is 5.15 Å². The maximum atomic E-state index is 5.76. The number of rotatable bonds is 2. The summed E-state index contributed by atoms with van der Waals surface area (Å²) < 4.78 is 0. The average Bonchev–Trinajstić information content (AvgIpc) is 2.63. The predicted molar refractivity (Wildman–Crippen MR) is 63.5 cm³/mol. The van der Waals surface area contributed by atoms with Gasteiger partial charge in [-0.1, -0.05) is 11.6 Å². The SMILES string of the molecule is CNC1(C)CCN(c2ccc(Cl)nc2)C1. The van der Waals surface area contributed by atoms with Crippen molar-refractivity contribution in [3.63, 3.8) is 0 Å². The van der Waals surface area contributed by atoms with Crippen molar-refractivity contribution in [1.82, 2.24) is 10.3 Å². The molecule has 4 heteroatoms. The minimum absolute atomic E-state index is 0.222. The van der Waals surface area contributed by atoms with Crippen molar-refractivity contribution in [2.75, 3.05) is 25.0 Å². The number of anilines is 1. The molecule has 0 bridgehead atoms. The summed E-state index contributed by atoms with van der Waals surface area (Å²) in [5.74, 6) is 0. The zero-order valence-corrected chi connectivity index (χ0v) is 9.88. The lowest BCUT2D eigenvalue weighted by Gasteiger charge is -2.24. The van der Waals surface area contributed by atoms with Crippen LogP contribution in [0.5, 0.6) is 0 Å². The molecule has 1 aliphatic rings. The highest BCUT2D eigenvalue weighted by molar-refractivity contribution is 6.29. The summed E-state index contributed by atoms with van der Waals surface area (Å²) in [5, 5.41) is 3.91. The van der Waals surface area contributed by atoms with Crippen LogP contribution in [0.4, 0.5) is 5.69 Å². The molecule has 0 aromatic carbocycles. The second kappa shape index (κ2) is 3.99. The highest BCUT2D eigenvalue weighted by Crippen LogP contribution is 2.26. The molecular formula is C11H16ClN3. The van der Waals surface area contributed by atoms with E-state index in [1.807, 2.05) is 25.4 Å². The van der Waals surface area contributed by atoms with Crippen LogP contribution in [0.2, 0.25) is 5.15 Å². The van der Waals surface area contributed by atoms with E-state index in [0.717, 1.165) is 25.2 Å². The lowest BCUT2D eigenvalue weighted by molar-refractivity contribution is 0.428. The monoisotopic (exact) mass is 225 g/mol. The molecule has 3 nitrogen and oxygen atoms in total. The Balaban J connectivity index is 2.11. The van der Waals surface area contributed by atoms with Gasteiger partial charge in [0.2, 0.25) is 0 Å². The summed E-state index contributed by atoms with van der Waals surface area (Å²) in [7, 11) is 2.02. The van der Waals surface area contributed by atoms with E-state index in [2.05, 4.69) is 22.1 Å². The van der Waals surface area contributed by atoms with E-state index in [-0.39, 0.29) is 5.54 Å². The first-order valence-corrected chi connectivity index (χ1v) is 5.56. The first-order chi connectivity index (χ1) is 7.13. The van der Waals surface area contributed by atoms with Crippen LogP contribution in [-0.4, -0.2) is 30.7 Å². The number of nitrogens with one attached hydrogen (secondary N) is 1. The molecule has 0 radical (unpaired) electrons. The van der Waals surface area contributed by atoms with Crippen molar-refractivity contribution >= 4 is 17.3 Å². The average molecular weight is 226 g/mol. The van der Waals surface area contributed by atoms with Crippen molar-refractivity contribution in [2.45, 2.75) is 18.9 Å². The van der Waals surface area contributed by atoms with E-state index in [1.165, 1.54) is 0 Å². The number of hydrogen-bond acceptors (Lipinski definition) is 3. The minimum atomic E-state index is 0.222. The zero-order chi connectivity index (χ0) is 10.9. The third-order valence-electron chi connectivity index (χ3n) is 3.15. The molecule has 1 aromatic rings. The Labute approximate surface area is 95.4 Å². The number of likely N-dealkylation sites (N-methyl/N-ethyl adjacent to an activating group) is 1. The molecule has 2 heterocycles. The van der Waals surface area contributed by atoms with Gasteiger partial charge >= 0.3 is 0 Å². The van der Waals surface area contributed by atoms with Crippen molar-refractivity contribution in [1.29, 1.82) is 0 Å². The molecule has 1 atom stereocenters. The molecule has 2 rings (SSSR count). The van der Waals surface area contributed by atoms with Gasteiger partial charge in [-0.05, 0) is 32.5 Å². The standard InChI is InChI=1S/C11H16ClN3/c1-11(13-2)5-6-15(8-11)9-3-4-10(12)14-7-9/h3-4,7,13H,5-6,8H2,1-2H3. The topological polar surface area (TPSA) is 28.2 Å². The first kappa shape index (κ1) is 10.7. The fourth-order valence-corrected chi connectivity index (χ4v) is 2.05. The summed E-state index contributed by atoms with van der Waals surface area (Å²) in [4.78, 5) is 6.43. The van der Waals surface area contributed by atoms with Gasteiger partial charge in [0.25, 0.3) is 0 Å². The number of aromatic nitrogens is 1. The van der Waals surface area contributed by atoms with Crippen LogP contribution in [0.15, 0.2) is 18.3 Å². The quantitative estimate of drug-likeness (QED) is 0.780. The highest BCUT2D eigenvalue weighted by atomic mass is 35.5. The van der Waals surface area contributed by atoms with Crippen molar-refractivity contribution < 1.29 is 0 Å². The predicted octanol–water partition coefficient (Wildman–Crippen LogP) is 1.92. The second-order valence-corrected chi connectivity index (χ2v) is 4.71. The number of halogens is 1. The second-order valence-electron chi connectivity index (χ2n) is 4.32. The third kappa shape index (κ3) is 2.24. The zero-order valence-electron chi connectivity index (χ0n) is 9.13. The maximum Gasteiger partial charge on any atom is 0.129 e. The Kier molecular flexibility index (Phi) is 2.85. The molecule has 0 spiro atoms. The molecular weight excluding hydrogens is 210 g/mol. The van der Waals surface area contributed by atoms with E-state index >= 15 is 0 Å². The van der Waals surface area contributed by atoms with Gasteiger partial charge in [-0.25, -0.2) is 4.98 Å². The van der Waals surface area contributed by atoms with E-state index in [4.69, 9.17) is 11.6 Å². The molecule has 1 unspecified atom stereocenters. The van der Waals surface area contributed by atoms with Gasteiger partial charge in [-0.3, -0.25) is 0 Å². The molecule has 1 aromatic heterocycles. The van der Waals surface area contributed by atoms with E-state index in [1.54, 1.807) is 0 Å². The molecule has 0 aliphatic carbocycles. The largest absolute Gasteiger partial charge is 0.368 e. The highest BCUT2D eigenvalue weighted by Gasteiger charge is 2.32. The normalized spacial score (nSPS) is 25.9. The number of pyridine rings is 1. The van der Waals surface area contributed by atoms with Crippen molar-refractivity contribution in [3.05, 3.63) is 23.5 Å². The Hall–Kier alpha value is -0.800. The van der Waals surface area contributed by atoms with Gasteiger partial charge in [0.05, 0.1) is 11.9 Å². The van der Waals surface area contributed by atoms with Gasteiger partial charge in [-0.2, -0.15) is 0 Å².